The second-order valence-electron chi connectivity index (χ2n) is 7.11. The van der Waals surface area contributed by atoms with Crippen molar-refractivity contribution in [3.63, 3.8) is 0 Å². The van der Waals surface area contributed by atoms with Gasteiger partial charge in [0.2, 0.25) is 0 Å². The Balaban J connectivity index is 1.71. The quantitative estimate of drug-likeness (QED) is 0.700. The summed E-state index contributed by atoms with van der Waals surface area (Å²) in [5.74, 6) is 0.0317. The Morgan fingerprint density at radius 3 is 2.37 bits per heavy atom. The number of ether oxygens (including phenoxy) is 4. The number of carbonyl (C=O) groups excluding carboxylic acids is 2. The summed E-state index contributed by atoms with van der Waals surface area (Å²) in [6.07, 6.45) is 1.89. The van der Waals surface area contributed by atoms with Gasteiger partial charge in [0, 0.05) is 12.1 Å². The van der Waals surface area contributed by atoms with Crippen molar-refractivity contribution in [1.82, 2.24) is 5.32 Å². The maximum absolute atomic E-state index is 12.7. The van der Waals surface area contributed by atoms with E-state index < -0.39 is 12.1 Å². The normalized spacial score (nSPS) is 16.1. The topological polar surface area (TPSA) is 83.1 Å². The van der Waals surface area contributed by atoms with Gasteiger partial charge >= 0.3 is 5.97 Å². The molecule has 1 amide bonds. The van der Waals surface area contributed by atoms with E-state index in [0.29, 0.717) is 11.5 Å². The molecule has 0 saturated carbocycles. The van der Waals surface area contributed by atoms with Crippen molar-refractivity contribution in [3.05, 3.63) is 53.1 Å². The molecule has 3 rings (SSSR count). The molecule has 0 fully saturated rings. The molecule has 160 valence electrons. The second kappa shape index (κ2) is 9.52. The van der Waals surface area contributed by atoms with Crippen molar-refractivity contribution in [2.45, 2.75) is 38.3 Å². The third-order valence-electron chi connectivity index (χ3n) is 5.26. The molecule has 0 aliphatic heterocycles. The van der Waals surface area contributed by atoms with Crippen molar-refractivity contribution < 1.29 is 28.5 Å². The number of aryl methyl sites for hydroxylation is 1. The van der Waals surface area contributed by atoms with Crippen molar-refractivity contribution in [2.75, 3.05) is 21.3 Å². The molecule has 2 unspecified atom stereocenters. The van der Waals surface area contributed by atoms with Gasteiger partial charge in [0.1, 0.15) is 11.3 Å². The summed E-state index contributed by atoms with van der Waals surface area (Å²) >= 11 is 0. The van der Waals surface area contributed by atoms with Gasteiger partial charge in [-0.3, -0.25) is 4.79 Å². The molecule has 0 saturated heterocycles. The highest BCUT2D eigenvalue weighted by Crippen LogP contribution is 2.35. The molecule has 0 spiro atoms. The average molecular weight is 413 g/mol. The summed E-state index contributed by atoms with van der Waals surface area (Å²) in [5.41, 5.74) is 2.52. The molecule has 7 nitrogen and oxygen atoms in total. The lowest BCUT2D eigenvalue weighted by molar-refractivity contribution is -0.130. The molecule has 2 atom stereocenters. The Bertz CT molecular complexity index is 926. The molecule has 30 heavy (non-hydrogen) atoms. The fraction of sp³-hybridized carbons (Fsp3) is 0.391. The van der Waals surface area contributed by atoms with Crippen molar-refractivity contribution in [3.8, 4) is 17.2 Å². The van der Waals surface area contributed by atoms with E-state index in [2.05, 4.69) is 11.4 Å². The fourth-order valence-electron chi connectivity index (χ4n) is 3.66. The highest BCUT2D eigenvalue weighted by Gasteiger charge is 2.27. The van der Waals surface area contributed by atoms with Crippen LogP contribution < -0.4 is 19.5 Å². The molecule has 0 radical (unpaired) electrons. The van der Waals surface area contributed by atoms with E-state index in [-0.39, 0.29) is 23.3 Å². The van der Waals surface area contributed by atoms with Crippen LogP contribution in [0.1, 0.15) is 47.3 Å². The zero-order valence-electron chi connectivity index (χ0n) is 17.7. The van der Waals surface area contributed by atoms with Crippen LogP contribution in [0.15, 0.2) is 36.4 Å². The van der Waals surface area contributed by atoms with Crippen molar-refractivity contribution >= 4 is 11.9 Å². The van der Waals surface area contributed by atoms with E-state index in [1.165, 1.54) is 33.0 Å². The number of methoxy groups -OCH3 is 3. The number of hydrogen-bond donors (Lipinski definition) is 1. The minimum atomic E-state index is -0.968. The number of nitrogens with one attached hydrogen (secondary N) is 1. The molecule has 2 aromatic rings. The molecule has 0 heterocycles. The third-order valence-corrected chi connectivity index (χ3v) is 5.26. The molecular formula is C23H27NO6. The highest BCUT2D eigenvalue weighted by molar-refractivity contribution is 5.95. The summed E-state index contributed by atoms with van der Waals surface area (Å²) in [4.78, 5) is 25.4. The lowest BCUT2D eigenvalue weighted by atomic mass is 9.87. The largest absolute Gasteiger partial charge is 0.496 e. The molecule has 7 heteroatoms. The molecule has 2 aromatic carbocycles. The number of amides is 1. The molecule has 1 N–H and O–H groups in total. The summed E-state index contributed by atoms with van der Waals surface area (Å²) in [7, 11) is 4.40. The Kier molecular flexibility index (Phi) is 6.82. The molecule has 0 aromatic heterocycles. The zero-order chi connectivity index (χ0) is 21.7. The van der Waals surface area contributed by atoms with Crippen molar-refractivity contribution in [2.24, 2.45) is 0 Å². The van der Waals surface area contributed by atoms with Gasteiger partial charge in [-0.2, -0.15) is 0 Å². The third kappa shape index (κ3) is 4.50. The zero-order valence-corrected chi connectivity index (χ0v) is 17.7. The van der Waals surface area contributed by atoms with Gasteiger partial charge in [-0.15, -0.1) is 0 Å². The predicted molar refractivity (Wildman–Crippen MR) is 111 cm³/mol. The summed E-state index contributed by atoms with van der Waals surface area (Å²) in [6, 6.07) is 11.0. The first-order valence-corrected chi connectivity index (χ1v) is 9.87. The molecular weight excluding hydrogens is 386 g/mol. The number of rotatable bonds is 7. The number of fused-ring (bicyclic) bond motifs is 1. The van der Waals surface area contributed by atoms with Gasteiger partial charge in [0.05, 0.1) is 27.4 Å². The number of carbonyl (C=O) groups is 2. The van der Waals surface area contributed by atoms with E-state index in [1.807, 2.05) is 18.2 Å². The number of esters is 1. The minimum absolute atomic E-state index is 0.0841. The monoisotopic (exact) mass is 413 g/mol. The maximum atomic E-state index is 12.7. The lowest BCUT2D eigenvalue weighted by Gasteiger charge is -2.27. The van der Waals surface area contributed by atoms with Crippen LogP contribution in [0.2, 0.25) is 0 Å². The molecule has 1 aliphatic rings. The van der Waals surface area contributed by atoms with Crippen molar-refractivity contribution in [1.29, 1.82) is 0 Å². The first-order chi connectivity index (χ1) is 14.5. The number of hydrogen-bond acceptors (Lipinski definition) is 6. The Labute approximate surface area is 176 Å². The molecule has 1 aliphatic carbocycles. The Morgan fingerprint density at radius 2 is 1.67 bits per heavy atom. The van der Waals surface area contributed by atoms with E-state index in [4.69, 9.17) is 18.9 Å². The van der Waals surface area contributed by atoms with Gasteiger partial charge in [0.25, 0.3) is 5.91 Å². The number of benzene rings is 2. The van der Waals surface area contributed by atoms with Crippen LogP contribution in [0, 0.1) is 0 Å². The fourth-order valence-corrected chi connectivity index (χ4v) is 3.66. The first kappa shape index (κ1) is 21.5. The predicted octanol–water partition coefficient (Wildman–Crippen LogP) is 3.45. The molecule has 0 bridgehead atoms. The highest BCUT2D eigenvalue weighted by atomic mass is 16.6. The van der Waals surface area contributed by atoms with Gasteiger partial charge in [-0.05, 0) is 37.3 Å². The van der Waals surface area contributed by atoms with Crippen LogP contribution >= 0.6 is 0 Å². The van der Waals surface area contributed by atoms with Crippen LogP contribution in [-0.4, -0.2) is 39.3 Å². The first-order valence-electron chi connectivity index (χ1n) is 9.87. The van der Waals surface area contributed by atoms with E-state index in [1.54, 1.807) is 13.0 Å². The Hall–Kier alpha value is -3.22. The smallest absolute Gasteiger partial charge is 0.342 e. The summed E-state index contributed by atoms with van der Waals surface area (Å²) in [6.45, 7) is 1.55. The summed E-state index contributed by atoms with van der Waals surface area (Å²) in [5, 5.41) is 3.01. The van der Waals surface area contributed by atoms with Crippen LogP contribution in [-0.2, 0) is 16.0 Å². The van der Waals surface area contributed by atoms with Gasteiger partial charge in [-0.25, -0.2) is 4.79 Å². The Morgan fingerprint density at radius 1 is 1.00 bits per heavy atom. The second-order valence-corrected chi connectivity index (χ2v) is 7.11. The summed E-state index contributed by atoms with van der Waals surface area (Å²) < 4.78 is 21.2. The standard InChI is InChI=1S/C23H27NO6/c1-14(22(25)24-18-11-7-9-15-8-5-6-10-16(15)18)30-23(26)17-12-20(28-3)21(29-4)13-19(17)27-2/h5-6,8,10,12-14,18H,7,9,11H2,1-4H3,(H,24,25). The van der Waals surface area contributed by atoms with Crippen LogP contribution in [0.5, 0.6) is 17.2 Å². The SMILES string of the molecule is COc1cc(OC)c(C(=O)OC(C)C(=O)NC2CCCc3ccccc32)cc1OC. The van der Waals surface area contributed by atoms with Gasteiger partial charge in [-0.1, -0.05) is 24.3 Å². The van der Waals surface area contributed by atoms with E-state index >= 15 is 0 Å². The van der Waals surface area contributed by atoms with E-state index in [9.17, 15) is 9.59 Å². The van der Waals surface area contributed by atoms with E-state index in [0.717, 1.165) is 24.8 Å². The average Bonchev–Trinajstić information content (AvgIpc) is 2.78. The van der Waals surface area contributed by atoms with Crippen LogP contribution in [0.25, 0.3) is 0 Å². The lowest BCUT2D eigenvalue weighted by Crippen LogP contribution is -2.39. The van der Waals surface area contributed by atoms with Gasteiger partial charge in [0.15, 0.2) is 17.6 Å². The van der Waals surface area contributed by atoms with Crippen LogP contribution in [0.4, 0.5) is 0 Å². The maximum Gasteiger partial charge on any atom is 0.342 e. The van der Waals surface area contributed by atoms with Crippen LogP contribution in [0.3, 0.4) is 0 Å². The van der Waals surface area contributed by atoms with Gasteiger partial charge < -0.3 is 24.3 Å². The minimum Gasteiger partial charge on any atom is -0.496 e.